The molecule has 0 aliphatic heterocycles. The van der Waals surface area contributed by atoms with Crippen LogP contribution in [0.2, 0.25) is 5.02 Å². The lowest BCUT2D eigenvalue weighted by molar-refractivity contribution is -0.104. The molecular formula is C30H25ClO3. The van der Waals surface area contributed by atoms with Gasteiger partial charge in [-0.2, -0.15) is 0 Å². The lowest BCUT2D eigenvalue weighted by Crippen LogP contribution is -2.22. The Balaban J connectivity index is 2.09. The number of hydrogen-bond acceptors (Lipinski definition) is 3. The zero-order valence-electron chi connectivity index (χ0n) is 19.4. The fourth-order valence-corrected chi connectivity index (χ4v) is 3.51. The minimum Gasteiger partial charge on any atom is -0.494 e. The van der Waals surface area contributed by atoms with Gasteiger partial charge in [0.25, 0.3) is 0 Å². The predicted molar refractivity (Wildman–Crippen MR) is 138 cm³/mol. The second-order valence-corrected chi connectivity index (χ2v) is 8.20. The SMILES string of the molecule is CCOc1ccc(C#CC(O)(C#C/C(=C\C=O)c2ccc(Cl)cc2)c2cc(C)cc(C)c2)cc1. The van der Waals surface area contributed by atoms with Crippen LogP contribution in [-0.2, 0) is 10.4 Å². The van der Waals surface area contributed by atoms with Crippen molar-refractivity contribution in [1.29, 1.82) is 0 Å². The zero-order chi connectivity index (χ0) is 24.6. The van der Waals surface area contributed by atoms with E-state index >= 15 is 0 Å². The fraction of sp³-hybridized carbons (Fsp3) is 0.167. The Labute approximate surface area is 206 Å². The molecule has 4 heteroatoms. The first-order chi connectivity index (χ1) is 16.3. The number of rotatable bonds is 5. The number of hydrogen-bond donors (Lipinski definition) is 1. The maximum absolute atomic E-state index is 11.6. The summed E-state index contributed by atoms with van der Waals surface area (Å²) in [6.07, 6.45) is 2.03. The third-order valence-corrected chi connectivity index (χ3v) is 5.21. The standard InChI is InChI=1S/C30H25ClO3/c1-4-34-29-11-5-24(6-12-29)13-16-30(33,27-20-22(2)19-23(3)21-27)17-14-26(15-18-32)25-7-9-28(31)10-8-25/h5-12,15,18-21,33H,4H2,1-3H3/b26-15+. The number of aldehydes is 1. The van der Waals surface area contributed by atoms with E-state index in [1.54, 1.807) is 24.3 Å². The molecule has 170 valence electrons. The molecule has 3 aromatic rings. The molecule has 0 saturated carbocycles. The first kappa shape index (κ1) is 24.9. The number of benzene rings is 3. The molecule has 0 bridgehead atoms. The third-order valence-electron chi connectivity index (χ3n) is 4.96. The number of allylic oxidation sites excluding steroid dienone is 2. The maximum Gasteiger partial charge on any atom is 0.214 e. The molecule has 3 nitrogen and oxygen atoms in total. The van der Waals surface area contributed by atoms with Gasteiger partial charge < -0.3 is 9.84 Å². The summed E-state index contributed by atoms with van der Waals surface area (Å²) in [6, 6.07) is 20.1. The molecule has 0 heterocycles. The van der Waals surface area contributed by atoms with Gasteiger partial charge in [-0.25, -0.2) is 0 Å². The Morgan fingerprint density at radius 3 is 2.24 bits per heavy atom. The molecule has 0 spiro atoms. The summed E-state index contributed by atoms with van der Waals surface area (Å²) in [5.41, 5.74) is 2.67. The Hall–Kier alpha value is -3.76. The van der Waals surface area contributed by atoms with Crippen molar-refractivity contribution in [2.45, 2.75) is 26.4 Å². The van der Waals surface area contributed by atoms with Crippen molar-refractivity contribution in [3.8, 4) is 29.4 Å². The summed E-state index contributed by atoms with van der Waals surface area (Å²) >= 11 is 5.99. The number of carbonyl (C=O) groups is 1. The van der Waals surface area contributed by atoms with E-state index in [1.807, 2.05) is 63.2 Å². The topological polar surface area (TPSA) is 46.5 Å². The van der Waals surface area contributed by atoms with Crippen molar-refractivity contribution < 1.29 is 14.6 Å². The van der Waals surface area contributed by atoms with Crippen molar-refractivity contribution in [2.75, 3.05) is 6.61 Å². The summed E-state index contributed by atoms with van der Waals surface area (Å²) in [6.45, 7) is 6.41. The van der Waals surface area contributed by atoms with Crippen LogP contribution in [0.15, 0.2) is 72.8 Å². The largest absolute Gasteiger partial charge is 0.494 e. The van der Waals surface area contributed by atoms with Crippen LogP contribution in [0.1, 0.15) is 34.7 Å². The summed E-state index contributed by atoms with van der Waals surface area (Å²) in [5.74, 6) is 12.6. The van der Waals surface area contributed by atoms with Crippen molar-refractivity contribution in [2.24, 2.45) is 0 Å². The normalized spacial score (nSPS) is 12.4. The Bertz CT molecular complexity index is 1290. The summed E-state index contributed by atoms with van der Waals surface area (Å²) in [4.78, 5) is 11.3. The number of aryl methyl sites for hydroxylation is 2. The van der Waals surface area contributed by atoms with Crippen molar-refractivity contribution >= 4 is 23.5 Å². The van der Waals surface area contributed by atoms with Crippen molar-refractivity contribution in [3.05, 3.63) is 106 Å². The van der Waals surface area contributed by atoms with Crippen LogP contribution < -0.4 is 4.74 Å². The lowest BCUT2D eigenvalue weighted by Gasteiger charge is -2.18. The van der Waals surface area contributed by atoms with Gasteiger partial charge in [-0.1, -0.05) is 64.9 Å². The zero-order valence-corrected chi connectivity index (χ0v) is 20.1. The summed E-state index contributed by atoms with van der Waals surface area (Å²) in [5, 5.41) is 12.2. The quantitative estimate of drug-likeness (QED) is 0.289. The van der Waals surface area contributed by atoms with E-state index < -0.39 is 5.60 Å². The van der Waals surface area contributed by atoms with Gasteiger partial charge >= 0.3 is 0 Å². The minimum absolute atomic E-state index is 0.456. The van der Waals surface area contributed by atoms with E-state index in [1.165, 1.54) is 6.08 Å². The van der Waals surface area contributed by atoms with E-state index in [9.17, 15) is 9.90 Å². The molecule has 0 aliphatic carbocycles. The predicted octanol–water partition coefficient (Wildman–Crippen LogP) is 5.88. The molecule has 3 aromatic carbocycles. The van der Waals surface area contributed by atoms with Gasteiger partial charge in [-0.05, 0) is 80.6 Å². The average Bonchev–Trinajstić information content (AvgIpc) is 2.81. The van der Waals surface area contributed by atoms with Crippen LogP contribution in [0.3, 0.4) is 0 Å². The third kappa shape index (κ3) is 6.63. The van der Waals surface area contributed by atoms with Crippen LogP contribution in [0.5, 0.6) is 5.75 Å². The molecule has 0 radical (unpaired) electrons. The molecule has 1 unspecified atom stereocenters. The van der Waals surface area contributed by atoms with Crippen LogP contribution in [0.4, 0.5) is 0 Å². The van der Waals surface area contributed by atoms with Crippen LogP contribution in [0, 0.1) is 37.5 Å². The van der Waals surface area contributed by atoms with E-state index in [0.29, 0.717) is 34.6 Å². The molecule has 3 rings (SSSR count). The first-order valence-electron chi connectivity index (χ1n) is 10.8. The molecule has 34 heavy (non-hydrogen) atoms. The summed E-state index contributed by atoms with van der Waals surface area (Å²) < 4.78 is 5.48. The van der Waals surface area contributed by atoms with E-state index in [-0.39, 0.29) is 0 Å². The lowest BCUT2D eigenvalue weighted by atomic mass is 9.91. The van der Waals surface area contributed by atoms with Gasteiger partial charge in [0, 0.05) is 21.7 Å². The second kappa shape index (κ2) is 11.4. The van der Waals surface area contributed by atoms with Gasteiger partial charge in [-0.3, -0.25) is 4.79 Å². The van der Waals surface area contributed by atoms with Gasteiger partial charge in [0.15, 0.2) is 0 Å². The Kier molecular flexibility index (Phi) is 8.34. The molecule has 0 fully saturated rings. The molecule has 0 aromatic heterocycles. The Morgan fingerprint density at radius 2 is 1.65 bits per heavy atom. The number of aliphatic hydroxyl groups is 1. The average molecular weight is 469 g/mol. The highest BCUT2D eigenvalue weighted by Crippen LogP contribution is 2.24. The van der Waals surface area contributed by atoms with Gasteiger partial charge in [0.2, 0.25) is 5.60 Å². The van der Waals surface area contributed by atoms with Crippen molar-refractivity contribution in [3.63, 3.8) is 0 Å². The van der Waals surface area contributed by atoms with Crippen molar-refractivity contribution in [1.82, 2.24) is 0 Å². The summed E-state index contributed by atoms with van der Waals surface area (Å²) in [7, 11) is 0. The first-order valence-corrected chi connectivity index (χ1v) is 11.2. The van der Waals surface area contributed by atoms with E-state index in [2.05, 4.69) is 23.7 Å². The number of ether oxygens (including phenoxy) is 1. The van der Waals surface area contributed by atoms with Crippen LogP contribution in [-0.4, -0.2) is 18.0 Å². The van der Waals surface area contributed by atoms with E-state index in [0.717, 1.165) is 22.4 Å². The molecular weight excluding hydrogens is 444 g/mol. The highest BCUT2D eigenvalue weighted by Gasteiger charge is 2.25. The van der Waals surface area contributed by atoms with Gasteiger partial charge in [0.1, 0.15) is 12.0 Å². The highest BCUT2D eigenvalue weighted by atomic mass is 35.5. The monoisotopic (exact) mass is 468 g/mol. The van der Waals surface area contributed by atoms with Gasteiger partial charge in [0.05, 0.1) is 6.61 Å². The number of halogens is 1. The van der Waals surface area contributed by atoms with Crippen LogP contribution in [0.25, 0.3) is 5.57 Å². The fourth-order valence-electron chi connectivity index (χ4n) is 3.39. The second-order valence-electron chi connectivity index (χ2n) is 7.77. The maximum atomic E-state index is 11.6. The molecule has 0 amide bonds. The number of carbonyl (C=O) groups excluding carboxylic acids is 1. The van der Waals surface area contributed by atoms with Gasteiger partial charge in [-0.15, -0.1) is 0 Å². The van der Waals surface area contributed by atoms with E-state index in [4.69, 9.17) is 16.3 Å². The Morgan fingerprint density at radius 1 is 1.00 bits per heavy atom. The highest BCUT2D eigenvalue weighted by molar-refractivity contribution is 6.30. The molecule has 1 N–H and O–H groups in total. The van der Waals surface area contributed by atoms with Crippen LogP contribution >= 0.6 is 11.6 Å². The smallest absolute Gasteiger partial charge is 0.214 e. The molecule has 1 atom stereocenters. The minimum atomic E-state index is -1.76. The molecule has 0 saturated heterocycles. The molecule has 0 aliphatic rings.